The van der Waals surface area contributed by atoms with Crippen molar-refractivity contribution in [3.8, 4) is 5.69 Å². The van der Waals surface area contributed by atoms with E-state index in [1.54, 1.807) is 17.5 Å². The van der Waals surface area contributed by atoms with Crippen LogP contribution < -0.4 is 4.90 Å². The van der Waals surface area contributed by atoms with Crippen LogP contribution in [0.5, 0.6) is 0 Å². The van der Waals surface area contributed by atoms with Crippen LogP contribution in [0.25, 0.3) is 5.69 Å². The van der Waals surface area contributed by atoms with Gasteiger partial charge in [0.1, 0.15) is 0 Å². The van der Waals surface area contributed by atoms with Gasteiger partial charge in [-0.25, -0.2) is 9.67 Å². The quantitative estimate of drug-likeness (QED) is 0.726. The van der Waals surface area contributed by atoms with Crippen LogP contribution in [-0.2, 0) is 0 Å². The number of carbonyl (C=O) groups excluding carboxylic acids is 1. The molecule has 0 saturated carbocycles. The first kappa shape index (κ1) is 15.8. The zero-order valence-corrected chi connectivity index (χ0v) is 14.8. The van der Waals surface area contributed by atoms with Gasteiger partial charge >= 0.3 is 0 Å². The maximum atomic E-state index is 12.9. The smallest absolute Gasteiger partial charge is 0.257 e. The van der Waals surface area contributed by atoms with Crippen molar-refractivity contribution in [1.29, 1.82) is 0 Å². The summed E-state index contributed by atoms with van der Waals surface area (Å²) in [5.74, 6) is 0.0541. The second-order valence-corrected chi connectivity index (χ2v) is 6.86. The topological polar surface area (TPSA) is 54.3 Å². The molecule has 25 heavy (non-hydrogen) atoms. The summed E-state index contributed by atoms with van der Waals surface area (Å²) in [6, 6.07) is 9.88. The number of hydrogen-bond acceptors (Lipinski definition) is 5. The van der Waals surface area contributed by atoms with Crippen LogP contribution in [0.2, 0.25) is 0 Å². The monoisotopic (exact) mass is 353 g/mol. The molecular formula is C18H19N5OS. The molecule has 7 heteroatoms. The molecule has 3 heterocycles. The number of rotatable bonds is 3. The summed E-state index contributed by atoms with van der Waals surface area (Å²) >= 11 is 1.64. The molecule has 1 fully saturated rings. The second kappa shape index (κ2) is 6.68. The van der Waals surface area contributed by atoms with Gasteiger partial charge < -0.3 is 9.80 Å². The standard InChI is InChI=1S/C18H19N5OS/c1-14-16(13-20-23(14)15-5-3-2-4-6-15)17(24)21-8-10-22(11-9-21)18-19-7-12-25-18/h2-7,12-13H,8-11H2,1H3. The van der Waals surface area contributed by atoms with E-state index >= 15 is 0 Å². The highest BCUT2D eigenvalue weighted by Crippen LogP contribution is 2.21. The van der Waals surface area contributed by atoms with Crippen molar-refractivity contribution in [3.05, 3.63) is 59.4 Å². The highest BCUT2D eigenvalue weighted by Gasteiger charge is 2.25. The van der Waals surface area contributed by atoms with Gasteiger partial charge in [0.2, 0.25) is 0 Å². The van der Waals surface area contributed by atoms with E-state index in [4.69, 9.17) is 0 Å². The zero-order chi connectivity index (χ0) is 17.2. The predicted octanol–water partition coefficient (Wildman–Crippen LogP) is 2.60. The molecule has 1 amide bonds. The van der Waals surface area contributed by atoms with Crippen LogP contribution in [0.3, 0.4) is 0 Å². The maximum Gasteiger partial charge on any atom is 0.257 e. The number of thiazole rings is 1. The van der Waals surface area contributed by atoms with Crippen LogP contribution in [0.1, 0.15) is 16.1 Å². The van der Waals surface area contributed by atoms with Crippen LogP contribution >= 0.6 is 11.3 Å². The largest absolute Gasteiger partial charge is 0.345 e. The molecule has 6 nitrogen and oxygen atoms in total. The van der Waals surface area contributed by atoms with Crippen molar-refractivity contribution in [2.45, 2.75) is 6.92 Å². The summed E-state index contributed by atoms with van der Waals surface area (Å²) in [5.41, 5.74) is 2.51. The van der Waals surface area contributed by atoms with Gasteiger partial charge in [-0.15, -0.1) is 11.3 Å². The van der Waals surface area contributed by atoms with E-state index in [1.807, 2.05) is 58.4 Å². The first-order valence-electron chi connectivity index (χ1n) is 8.28. The number of hydrogen-bond donors (Lipinski definition) is 0. The van der Waals surface area contributed by atoms with Gasteiger partial charge in [0.05, 0.1) is 23.1 Å². The number of benzene rings is 1. The summed E-state index contributed by atoms with van der Waals surface area (Å²) in [4.78, 5) is 21.4. The van der Waals surface area contributed by atoms with Gasteiger partial charge in [-0.05, 0) is 19.1 Å². The minimum Gasteiger partial charge on any atom is -0.345 e. The second-order valence-electron chi connectivity index (χ2n) is 5.98. The maximum absolute atomic E-state index is 12.9. The average molecular weight is 353 g/mol. The molecule has 1 saturated heterocycles. The number of para-hydroxylation sites is 1. The lowest BCUT2D eigenvalue weighted by Crippen LogP contribution is -2.48. The minimum atomic E-state index is 0.0541. The summed E-state index contributed by atoms with van der Waals surface area (Å²) in [5, 5.41) is 7.42. The Labute approximate surface area is 150 Å². The Morgan fingerprint density at radius 2 is 1.88 bits per heavy atom. The normalized spacial score (nSPS) is 14.8. The van der Waals surface area contributed by atoms with Crippen LogP contribution in [0, 0.1) is 6.92 Å². The predicted molar refractivity (Wildman–Crippen MR) is 98.5 cm³/mol. The van der Waals surface area contributed by atoms with E-state index in [0.717, 1.165) is 29.6 Å². The summed E-state index contributed by atoms with van der Waals surface area (Å²) in [6.45, 7) is 4.97. The number of amides is 1. The molecule has 0 spiro atoms. The molecule has 2 aromatic heterocycles. The average Bonchev–Trinajstić information content (AvgIpc) is 3.32. The first-order chi connectivity index (χ1) is 12.2. The van der Waals surface area contributed by atoms with Gasteiger partial charge in [-0.2, -0.15) is 5.10 Å². The third-order valence-electron chi connectivity index (χ3n) is 4.50. The van der Waals surface area contributed by atoms with E-state index in [9.17, 15) is 4.79 Å². The lowest BCUT2D eigenvalue weighted by Gasteiger charge is -2.34. The number of piperazine rings is 1. The van der Waals surface area contributed by atoms with E-state index < -0.39 is 0 Å². The molecule has 0 radical (unpaired) electrons. The van der Waals surface area contributed by atoms with Crippen molar-refractivity contribution in [2.24, 2.45) is 0 Å². The highest BCUT2D eigenvalue weighted by molar-refractivity contribution is 7.13. The molecule has 0 unspecified atom stereocenters. The van der Waals surface area contributed by atoms with Crippen molar-refractivity contribution in [1.82, 2.24) is 19.7 Å². The highest BCUT2D eigenvalue weighted by atomic mass is 32.1. The van der Waals surface area contributed by atoms with E-state index in [-0.39, 0.29) is 5.91 Å². The van der Waals surface area contributed by atoms with E-state index in [1.165, 1.54) is 0 Å². The Morgan fingerprint density at radius 3 is 2.56 bits per heavy atom. The van der Waals surface area contributed by atoms with Crippen LogP contribution in [0.4, 0.5) is 5.13 Å². The molecule has 1 aliphatic heterocycles. The Bertz CT molecular complexity index is 851. The molecule has 3 aromatic rings. The molecule has 0 N–H and O–H groups in total. The number of aromatic nitrogens is 3. The van der Waals surface area contributed by atoms with Crippen molar-refractivity contribution in [2.75, 3.05) is 31.1 Å². The lowest BCUT2D eigenvalue weighted by molar-refractivity contribution is 0.0746. The minimum absolute atomic E-state index is 0.0541. The van der Waals surface area contributed by atoms with E-state index in [2.05, 4.69) is 15.0 Å². The summed E-state index contributed by atoms with van der Waals surface area (Å²) < 4.78 is 1.82. The molecule has 0 atom stereocenters. The number of carbonyl (C=O) groups is 1. The van der Waals surface area contributed by atoms with Gasteiger partial charge in [-0.1, -0.05) is 18.2 Å². The van der Waals surface area contributed by atoms with Crippen LogP contribution in [-0.4, -0.2) is 51.8 Å². The Kier molecular flexibility index (Phi) is 4.23. The molecule has 128 valence electrons. The first-order valence-corrected chi connectivity index (χ1v) is 9.16. The summed E-state index contributed by atoms with van der Waals surface area (Å²) in [7, 11) is 0. The fourth-order valence-corrected chi connectivity index (χ4v) is 3.79. The Morgan fingerprint density at radius 1 is 1.12 bits per heavy atom. The van der Waals surface area contributed by atoms with Crippen molar-refractivity contribution >= 4 is 22.4 Å². The molecule has 1 aromatic carbocycles. The Balaban J connectivity index is 1.48. The van der Waals surface area contributed by atoms with Gasteiger partial charge in [0.25, 0.3) is 5.91 Å². The third-order valence-corrected chi connectivity index (χ3v) is 5.33. The van der Waals surface area contributed by atoms with Crippen molar-refractivity contribution < 1.29 is 4.79 Å². The Hall–Kier alpha value is -2.67. The van der Waals surface area contributed by atoms with Gasteiger partial charge in [-0.3, -0.25) is 4.79 Å². The van der Waals surface area contributed by atoms with Gasteiger partial charge in [0, 0.05) is 37.8 Å². The lowest BCUT2D eigenvalue weighted by atomic mass is 10.2. The zero-order valence-electron chi connectivity index (χ0n) is 14.0. The molecule has 0 aliphatic carbocycles. The van der Waals surface area contributed by atoms with Crippen molar-refractivity contribution in [3.63, 3.8) is 0 Å². The van der Waals surface area contributed by atoms with Gasteiger partial charge in [0.15, 0.2) is 5.13 Å². The third kappa shape index (κ3) is 3.02. The molecular weight excluding hydrogens is 334 g/mol. The fourth-order valence-electron chi connectivity index (χ4n) is 3.09. The molecule has 4 rings (SSSR count). The SMILES string of the molecule is Cc1c(C(=O)N2CCN(c3nccs3)CC2)cnn1-c1ccccc1. The molecule has 0 bridgehead atoms. The number of anilines is 1. The number of nitrogens with zero attached hydrogens (tertiary/aromatic N) is 5. The van der Waals surface area contributed by atoms with Crippen LogP contribution in [0.15, 0.2) is 48.1 Å². The van der Waals surface area contributed by atoms with E-state index in [0.29, 0.717) is 18.7 Å². The fraction of sp³-hybridized carbons (Fsp3) is 0.278. The molecule has 1 aliphatic rings. The summed E-state index contributed by atoms with van der Waals surface area (Å²) in [6.07, 6.45) is 3.50.